The van der Waals surface area contributed by atoms with Crippen LogP contribution < -0.4 is 15.4 Å². The molecule has 26 heavy (non-hydrogen) atoms. The van der Waals surface area contributed by atoms with Gasteiger partial charge in [-0.25, -0.2) is 4.98 Å². The summed E-state index contributed by atoms with van der Waals surface area (Å²) in [6.45, 7) is 5.11. The zero-order chi connectivity index (χ0) is 18.5. The van der Waals surface area contributed by atoms with E-state index in [9.17, 15) is 9.59 Å². The standard InChI is InChI=1S/C20H29N3O3/c1-3-9-21-19(24)16(4-2)23-20(25)18-17(26-12-13-5-6-13)10-15(11-22-18)14-7-8-14/h10-11,13-14,16H,3-9,12H2,1-2H3,(H,21,24)(H,23,25). The van der Waals surface area contributed by atoms with Crippen molar-refractivity contribution in [1.82, 2.24) is 15.6 Å². The number of hydrogen-bond donors (Lipinski definition) is 2. The monoisotopic (exact) mass is 359 g/mol. The molecule has 3 rings (SSSR count). The van der Waals surface area contributed by atoms with Crippen LogP contribution in [0.25, 0.3) is 0 Å². The molecule has 0 aliphatic heterocycles. The van der Waals surface area contributed by atoms with E-state index < -0.39 is 6.04 Å². The first-order chi connectivity index (χ1) is 12.6. The number of ether oxygens (including phenoxy) is 1. The molecule has 6 heteroatoms. The number of amides is 2. The summed E-state index contributed by atoms with van der Waals surface area (Å²) >= 11 is 0. The molecule has 0 radical (unpaired) electrons. The number of hydrogen-bond acceptors (Lipinski definition) is 4. The Hall–Kier alpha value is -2.11. The predicted molar refractivity (Wildman–Crippen MR) is 99.3 cm³/mol. The van der Waals surface area contributed by atoms with Crippen LogP contribution in [0.5, 0.6) is 5.75 Å². The van der Waals surface area contributed by atoms with Gasteiger partial charge in [0.2, 0.25) is 5.91 Å². The lowest BCUT2D eigenvalue weighted by Crippen LogP contribution is -2.46. The molecule has 1 aromatic heterocycles. The summed E-state index contributed by atoms with van der Waals surface area (Å²) < 4.78 is 5.92. The van der Waals surface area contributed by atoms with Gasteiger partial charge in [-0.1, -0.05) is 13.8 Å². The lowest BCUT2D eigenvalue weighted by atomic mass is 10.1. The lowest BCUT2D eigenvalue weighted by molar-refractivity contribution is -0.123. The highest BCUT2D eigenvalue weighted by Crippen LogP contribution is 2.41. The van der Waals surface area contributed by atoms with Gasteiger partial charge in [-0.2, -0.15) is 0 Å². The normalized spacial score (nSPS) is 17.5. The fourth-order valence-corrected chi connectivity index (χ4v) is 2.82. The molecule has 2 fully saturated rings. The highest BCUT2D eigenvalue weighted by molar-refractivity contribution is 5.98. The van der Waals surface area contributed by atoms with Crippen LogP contribution in [0, 0.1) is 5.92 Å². The number of aromatic nitrogens is 1. The topological polar surface area (TPSA) is 80.3 Å². The van der Waals surface area contributed by atoms with Crippen molar-refractivity contribution in [1.29, 1.82) is 0 Å². The highest BCUT2D eigenvalue weighted by Gasteiger charge is 2.29. The number of nitrogens with zero attached hydrogens (tertiary/aromatic N) is 1. The van der Waals surface area contributed by atoms with Gasteiger partial charge in [0.1, 0.15) is 6.04 Å². The Kier molecular flexibility index (Phi) is 6.12. The summed E-state index contributed by atoms with van der Waals surface area (Å²) in [4.78, 5) is 29.3. The SMILES string of the molecule is CCCNC(=O)C(CC)NC(=O)c1ncc(C2CC2)cc1OCC1CC1. The first-order valence-corrected chi connectivity index (χ1v) is 9.83. The summed E-state index contributed by atoms with van der Waals surface area (Å²) in [6.07, 6.45) is 7.88. The maximum absolute atomic E-state index is 12.7. The Morgan fingerprint density at radius 1 is 1.27 bits per heavy atom. The van der Waals surface area contributed by atoms with Crippen LogP contribution in [0.15, 0.2) is 12.3 Å². The third kappa shape index (κ3) is 4.96. The summed E-state index contributed by atoms with van der Waals surface area (Å²) in [7, 11) is 0. The van der Waals surface area contributed by atoms with E-state index >= 15 is 0 Å². The molecule has 2 aliphatic carbocycles. The van der Waals surface area contributed by atoms with Crippen molar-refractivity contribution in [3.8, 4) is 5.75 Å². The number of nitrogens with one attached hydrogen (secondary N) is 2. The Morgan fingerprint density at radius 3 is 2.65 bits per heavy atom. The molecule has 142 valence electrons. The van der Waals surface area contributed by atoms with Gasteiger partial charge < -0.3 is 15.4 Å². The smallest absolute Gasteiger partial charge is 0.274 e. The van der Waals surface area contributed by atoms with E-state index in [0.717, 1.165) is 12.0 Å². The number of carbonyl (C=O) groups is 2. The predicted octanol–water partition coefficient (Wildman–Crippen LogP) is 2.78. The van der Waals surface area contributed by atoms with Crippen LogP contribution >= 0.6 is 0 Å². The minimum atomic E-state index is -0.560. The van der Waals surface area contributed by atoms with Gasteiger partial charge in [0.25, 0.3) is 5.91 Å². The second-order valence-electron chi connectivity index (χ2n) is 7.37. The summed E-state index contributed by atoms with van der Waals surface area (Å²) in [5.74, 6) is 1.18. The molecule has 2 amide bonds. The van der Waals surface area contributed by atoms with Crippen molar-refractivity contribution in [2.24, 2.45) is 5.92 Å². The van der Waals surface area contributed by atoms with E-state index in [1.54, 1.807) is 6.20 Å². The molecule has 1 unspecified atom stereocenters. The van der Waals surface area contributed by atoms with Crippen LogP contribution in [0.3, 0.4) is 0 Å². The Balaban J connectivity index is 1.70. The lowest BCUT2D eigenvalue weighted by Gasteiger charge is -2.18. The molecule has 0 spiro atoms. The van der Waals surface area contributed by atoms with E-state index in [2.05, 4.69) is 15.6 Å². The Morgan fingerprint density at radius 2 is 2.04 bits per heavy atom. The molecule has 1 aromatic rings. The maximum Gasteiger partial charge on any atom is 0.274 e. The minimum absolute atomic E-state index is 0.155. The van der Waals surface area contributed by atoms with Crippen molar-refractivity contribution < 1.29 is 14.3 Å². The average Bonchev–Trinajstić information content (AvgIpc) is 3.55. The fourth-order valence-electron chi connectivity index (χ4n) is 2.82. The highest BCUT2D eigenvalue weighted by atomic mass is 16.5. The van der Waals surface area contributed by atoms with Gasteiger partial charge in [-0.15, -0.1) is 0 Å². The van der Waals surface area contributed by atoms with E-state index in [1.807, 2.05) is 19.9 Å². The van der Waals surface area contributed by atoms with Crippen LogP contribution in [0.2, 0.25) is 0 Å². The molecule has 1 atom stereocenters. The number of rotatable bonds is 10. The fraction of sp³-hybridized carbons (Fsp3) is 0.650. The first kappa shape index (κ1) is 18.7. The Labute approximate surface area is 155 Å². The largest absolute Gasteiger partial charge is 0.491 e. The molecule has 2 aliphatic rings. The molecular weight excluding hydrogens is 330 g/mol. The summed E-state index contributed by atoms with van der Waals surface area (Å²) in [6, 6.07) is 1.40. The second-order valence-corrected chi connectivity index (χ2v) is 7.37. The van der Waals surface area contributed by atoms with Crippen LogP contribution in [0.4, 0.5) is 0 Å². The van der Waals surface area contributed by atoms with Crippen molar-refractivity contribution >= 4 is 11.8 Å². The van der Waals surface area contributed by atoms with E-state index in [1.165, 1.54) is 25.7 Å². The summed E-state index contributed by atoms with van der Waals surface area (Å²) in [5.41, 5.74) is 1.41. The van der Waals surface area contributed by atoms with Crippen LogP contribution in [-0.2, 0) is 4.79 Å². The zero-order valence-corrected chi connectivity index (χ0v) is 15.7. The number of pyridine rings is 1. The average molecular weight is 359 g/mol. The van der Waals surface area contributed by atoms with Crippen molar-refractivity contribution in [3.63, 3.8) is 0 Å². The quantitative estimate of drug-likeness (QED) is 0.673. The van der Waals surface area contributed by atoms with Crippen molar-refractivity contribution in [2.75, 3.05) is 13.2 Å². The van der Waals surface area contributed by atoms with Gasteiger partial charge in [0.15, 0.2) is 11.4 Å². The molecular formula is C20H29N3O3. The van der Waals surface area contributed by atoms with Gasteiger partial charge in [0, 0.05) is 12.7 Å². The van der Waals surface area contributed by atoms with E-state index in [-0.39, 0.29) is 17.5 Å². The molecule has 0 bridgehead atoms. The minimum Gasteiger partial charge on any atom is -0.491 e. The van der Waals surface area contributed by atoms with Crippen LogP contribution in [0.1, 0.15) is 74.3 Å². The molecule has 2 saturated carbocycles. The first-order valence-electron chi connectivity index (χ1n) is 9.83. The molecule has 0 saturated heterocycles. The van der Waals surface area contributed by atoms with E-state index in [4.69, 9.17) is 4.74 Å². The van der Waals surface area contributed by atoms with Crippen molar-refractivity contribution in [2.45, 2.75) is 64.3 Å². The molecule has 0 aromatic carbocycles. The second kappa shape index (κ2) is 8.52. The van der Waals surface area contributed by atoms with Gasteiger partial charge in [-0.3, -0.25) is 9.59 Å². The third-order valence-electron chi connectivity index (χ3n) is 4.89. The maximum atomic E-state index is 12.7. The molecule has 6 nitrogen and oxygen atoms in total. The van der Waals surface area contributed by atoms with E-state index in [0.29, 0.717) is 37.2 Å². The van der Waals surface area contributed by atoms with Crippen LogP contribution in [-0.4, -0.2) is 36.0 Å². The third-order valence-corrected chi connectivity index (χ3v) is 4.89. The summed E-state index contributed by atoms with van der Waals surface area (Å²) in [5, 5.41) is 5.64. The Bertz CT molecular complexity index is 654. The zero-order valence-electron chi connectivity index (χ0n) is 15.7. The molecule has 2 N–H and O–H groups in total. The van der Waals surface area contributed by atoms with Crippen molar-refractivity contribution in [3.05, 3.63) is 23.5 Å². The van der Waals surface area contributed by atoms with Gasteiger partial charge in [-0.05, 0) is 62.0 Å². The van der Waals surface area contributed by atoms with Gasteiger partial charge >= 0.3 is 0 Å². The molecule has 1 heterocycles. The number of carbonyl (C=O) groups excluding carboxylic acids is 2. The van der Waals surface area contributed by atoms with Gasteiger partial charge in [0.05, 0.1) is 6.61 Å².